The lowest BCUT2D eigenvalue weighted by atomic mass is 10.0. The van der Waals surface area contributed by atoms with E-state index in [1.807, 2.05) is 47.2 Å². The van der Waals surface area contributed by atoms with Gasteiger partial charge in [-0.3, -0.25) is 9.20 Å². The van der Waals surface area contributed by atoms with E-state index in [1.54, 1.807) is 11.3 Å². The van der Waals surface area contributed by atoms with Crippen molar-refractivity contribution in [2.45, 2.75) is 33.7 Å². The molecule has 0 spiro atoms. The van der Waals surface area contributed by atoms with Crippen molar-refractivity contribution in [1.82, 2.24) is 14.7 Å². The van der Waals surface area contributed by atoms with E-state index in [9.17, 15) is 4.79 Å². The van der Waals surface area contributed by atoms with E-state index in [-0.39, 0.29) is 5.91 Å². The van der Waals surface area contributed by atoms with Crippen molar-refractivity contribution in [1.29, 1.82) is 0 Å². The molecule has 2 aromatic heterocycles. The first kappa shape index (κ1) is 20.2. The van der Waals surface area contributed by atoms with Gasteiger partial charge >= 0.3 is 0 Å². The zero-order valence-corrected chi connectivity index (χ0v) is 18.3. The van der Waals surface area contributed by atoms with E-state index < -0.39 is 0 Å². The van der Waals surface area contributed by atoms with Gasteiger partial charge in [0.1, 0.15) is 5.75 Å². The van der Waals surface area contributed by atoms with E-state index in [2.05, 4.69) is 37.4 Å². The fourth-order valence-electron chi connectivity index (χ4n) is 3.29. The summed E-state index contributed by atoms with van der Waals surface area (Å²) in [5.41, 5.74) is 6.53. The van der Waals surface area contributed by atoms with Gasteiger partial charge in [0.25, 0.3) is 0 Å². The van der Waals surface area contributed by atoms with Crippen LogP contribution in [0.25, 0.3) is 16.2 Å². The van der Waals surface area contributed by atoms with Crippen molar-refractivity contribution < 1.29 is 9.53 Å². The Labute approximate surface area is 180 Å². The Balaban J connectivity index is 1.42. The molecule has 2 heterocycles. The summed E-state index contributed by atoms with van der Waals surface area (Å²) in [6, 6.07) is 14.2. The highest BCUT2D eigenvalue weighted by Crippen LogP contribution is 2.25. The molecule has 6 heteroatoms. The summed E-state index contributed by atoms with van der Waals surface area (Å²) in [6.45, 7) is 7.31. The van der Waals surface area contributed by atoms with Crippen LogP contribution in [0.4, 0.5) is 0 Å². The van der Waals surface area contributed by atoms with Crippen LogP contribution < -0.4 is 10.1 Å². The van der Waals surface area contributed by atoms with Crippen LogP contribution in [0.15, 0.2) is 54.0 Å². The number of rotatable bonds is 7. The molecule has 5 nitrogen and oxygen atoms in total. The number of amides is 1. The first-order valence-electron chi connectivity index (χ1n) is 10.0. The van der Waals surface area contributed by atoms with Gasteiger partial charge in [-0.05, 0) is 55.7 Å². The van der Waals surface area contributed by atoms with Gasteiger partial charge in [-0.25, -0.2) is 4.98 Å². The summed E-state index contributed by atoms with van der Waals surface area (Å²) in [7, 11) is 0. The van der Waals surface area contributed by atoms with Gasteiger partial charge in [0.05, 0.1) is 18.7 Å². The van der Waals surface area contributed by atoms with Gasteiger partial charge in [-0.1, -0.05) is 24.3 Å². The molecule has 0 aliphatic heterocycles. The number of nitrogens with one attached hydrogen (secondary N) is 1. The van der Waals surface area contributed by atoms with Crippen molar-refractivity contribution in [3.8, 4) is 17.0 Å². The number of fused-ring (bicyclic) bond motifs is 1. The van der Waals surface area contributed by atoms with Crippen LogP contribution >= 0.6 is 11.3 Å². The minimum absolute atomic E-state index is 0.00925. The highest BCUT2D eigenvalue weighted by Gasteiger charge is 2.13. The maximum Gasteiger partial charge on any atom is 0.226 e. The number of nitrogens with zero attached hydrogens (tertiary/aromatic N) is 2. The summed E-state index contributed by atoms with van der Waals surface area (Å²) < 4.78 is 7.47. The summed E-state index contributed by atoms with van der Waals surface area (Å²) in [5, 5.41) is 5.00. The van der Waals surface area contributed by atoms with Crippen LogP contribution in [0, 0.1) is 13.8 Å². The number of aromatic nitrogens is 2. The van der Waals surface area contributed by atoms with Gasteiger partial charge < -0.3 is 10.1 Å². The smallest absolute Gasteiger partial charge is 0.226 e. The van der Waals surface area contributed by atoms with E-state index in [4.69, 9.17) is 9.72 Å². The minimum Gasteiger partial charge on any atom is -0.494 e. The average Bonchev–Trinajstić information content (AvgIpc) is 3.32. The number of benzene rings is 2. The van der Waals surface area contributed by atoms with Crippen molar-refractivity contribution >= 4 is 22.2 Å². The Bertz CT molecular complexity index is 1180. The molecule has 1 amide bonds. The lowest BCUT2D eigenvalue weighted by Gasteiger charge is -2.07. The molecular weight excluding hydrogens is 394 g/mol. The summed E-state index contributed by atoms with van der Waals surface area (Å²) in [5.74, 6) is 0.831. The summed E-state index contributed by atoms with van der Waals surface area (Å²) in [4.78, 5) is 18.1. The van der Waals surface area contributed by atoms with Gasteiger partial charge in [0.2, 0.25) is 5.91 Å². The molecule has 0 radical (unpaired) electrons. The number of carbonyl (C=O) groups excluding carboxylic acids is 1. The normalized spacial score (nSPS) is 11.0. The number of ether oxygens (including phenoxy) is 1. The van der Waals surface area contributed by atoms with E-state index in [1.165, 1.54) is 11.1 Å². The Morgan fingerprint density at radius 2 is 1.93 bits per heavy atom. The molecule has 0 saturated carbocycles. The second-order valence-corrected chi connectivity index (χ2v) is 8.17. The summed E-state index contributed by atoms with van der Waals surface area (Å²) in [6.07, 6.45) is 2.34. The molecule has 0 saturated heterocycles. The third-order valence-corrected chi connectivity index (χ3v) is 6.04. The Kier molecular flexibility index (Phi) is 5.86. The Hall–Kier alpha value is -3.12. The number of thiazole rings is 1. The molecule has 0 aliphatic rings. The number of imidazole rings is 1. The molecule has 0 atom stereocenters. The summed E-state index contributed by atoms with van der Waals surface area (Å²) >= 11 is 1.56. The predicted octanol–water partition coefficient (Wildman–Crippen LogP) is 4.94. The lowest BCUT2D eigenvalue weighted by molar-refractivity contribution is -0.120. The molecule has 0 aliphatic carbocycles. The van der Waals surface area contributed by atoms with Crippen LogP contribution in [0.1, 0.15) is 29.3 Å². The van der Waals surface area contributed by atoms with Gasteiger partial charge in [-0.2, -0.15) is 0 Å². The van der Waals surface area contributed by atoms with Gasteiger partial charge in [0, 0.05) is 29.4 Å². The van der Waals surface area contributed by atoms with E-state index in [0.717, 1.165) is 33.2 Å². The van der Waals surface area contributed by atoms with Crippen molar-refractivity contribution in [2.24, 2.45) is 0 Å². The maximum absolute atomic E-state index is 12.5. The second kappa shape index (κ2) is 8.71. The Morgan fingerprint density at radius 3 is 2.67 bits per heavy atom. The fraction of sp³-hybridized carbons (Fsp3) is 0.250. The molecule has 0 bridgehead atoms. The highest BCUT2D eigenvalue weighted by molar-refractivity contribution is 7.15. The minimum atomic E-state index is -0.00925. The highest BCUT2D eigenvalue weighted by atomic mass is 32.1. The predicted molar refractivity (Wildman–Crippen MR) is 121 cm³/mol. The Morgan fingerprint density at radius 1 is 1.13 bits per heavy atom. The molecule has 1 N–H and O–H groups in total. The molecular formula is C24H25N3O2S. The van der Waals surface area contributed by atoms with E-state index >= 15 is 0 Å². The van der Waals surface area contributed by atoms with Crippen LogP contribution in [-0.4, -0.2) is 21.9 Å². The molecule has 0 unspecified atom stereocenters. The average molecular weight is 420 g/mol. The van der Waals surface area contributed by atoms with E-state index in [0.29, 0.717) is 19.6 Å². The van der Waals surface area contributed by atoms with Crippen LogP contribution in [0.2, 0.25) is 0 Å². The van der Waals surface area contributed by atoms with Crippen molar-refractivity contribution in [3.63, 3.8) is 0 Å². The standard InChI is InChI=1S/C24H25N3O2S/c1-4-29-21-9-6-18(7-10-21)13-25-23(28)12-20-15-30-24-26-22(14-27(20)24)19-8-5-16(2)17(3)11-19/h5-11,14-15H,4,12-13H2,1-3H3,(H,25,28). The first-order valence-corrected chi connectivity index (χ1v) is 10.9. The second-order valence-electron chi connectivity index (χ2n) is 7.34. The number of aryl methyl sites for hydroxylation is 2. The number of hydrogen-bond donors (Lipinski definition) is 1. The van der Waals surface area contributed by atoms with Crippen molar-refractivity contribution in [2.75, 3.05) is 6.61 Å². The van der Waals surface area contributed by atoms with Crippen LogP contribution in [-0.2, 0) is 17.8 Å². The SMILES string of the molecule is CCOc1ccc(CNC(=O)Cc2csc3nc(-c4ccc(C)c(C)c4)cn23)cc1. The molecule has 4 aromatic rings. The molecule has 0 fully saturated rings. The zero-order valence-electron chi connectivity index (χ0n) is 17.4. The lowest BCUT2D eigenvalue weighted by Crippen LogP contribution is -2.24. The van der Waals surface area contributed by atoms with Gasteiger partial charge in [0.15, 0.2) is 4.96 Å². The molecule has 30 heavy (non-hydrogen) atoms. The van der Waals surface area contributed by atoms with Crippen molar-refractivity contribution in [3.05, 3.63) is 76.4 Å². The molecule has 4 rings (SSSR count). The third kappa shape index (κ3) is 4.39. The number of hydrogen-bond acceptors (Lipinski definition) is 4. The largest absolute Gasteiger partial charge is 0.494 e. The van der Waals surface area contributed by atoms with Crippen LogP contribution in [0.5, 0.6) is 5.75 Å². The monoisotopic (exact) mass is 419 g/mol. The first-order chi connectivity index (χ1) is 14.5. The van der Waals surface area contributed by atoms with Crippen LogP contribution in [0.3, 0.4) is 0 Å². The quantitative estimate of drug-likeness (QED) is 0.462. The maximum atomic E-state index is 12.5. The molecule has 154 valence electrons. The third-order valence-electron chi connectivity index (χ3n) is 5.15. The fourth-order valence-corrected chi connectivity index (χ4v) is 4.17. The number of carbonyl (C=O) groups is 1. The van der Waals surface area contributed by atoms with Gasteiger partial charge in [-0.15, -0.1) is 11.3 Å². The zero-order chi connectivity index (χ0) is 21.1. The molecule has 2 aromatic carbocycles. The topological polar surface area (TPSA) is 55.6 Å².